The van der Waals surface area contributed by atoms with E-state index in [9.17, 15) is 0 Å². The van der Waals surface area contributed by atoms with Gasteiger partial charge in [0.15, 0.2) is 0 Å². The van der Waals surface area contributed by atoms with Gasteiger partial charge in [-0.2, -0.15) is 0 Å². The first-order chi connectivity index (χ1) is 8.76. The normalized spacial score (nSPS) is 27.6. The quantitative estimate of drug-likeness (QED) is 0.747. The molecule has 0 aliphatic carbocycles. The standard InChI is InChI=1S/C15H25N3/c1-4-10-16-15-11(3)14(17-18-15)13-8-6-12(5-2)7-9-13/h6-9,11,14-18H,4-5,10H2,1-3H3. The maximum atomic E-state index is 3.53. The second-order valence-corrected chi connectivity index (χ2v) is 5.15. The summed E-state index contributed by atoms with van der Waals surface area (Å²) < 4.78 is 0. The Morgan fingerprint density at radius 2 is 1.83 bits per heavy atom. The molecule has 1 aliphatic heterocycles. The Hall–Kier alpha value is -0.900. The molecule has 1 aliphatic rings. The van der Waals surface area contributed by atoms with Crippen molar-refractivity contribution in [3.05, 3.63) is 35.4 Å². The van der Waals surface area contributed by atoms with E-state index in [-0.39, 0.29) is 0 Å². The summed E-state index contributed by atoms with van der Waals surface area (Å²) in [4.78, 5) is 0. The van der Waals surface area contributed by atoms with Crippen molar-refractivity contribution in [1.82, 2.24) is 16.2 Å². The molecule has 3 nitrogen and oxygen atoms in total. The molecular weight excluding hydrogens is 222 g/mol. The largest absolute Gasteiger partial charge is 0.301 e. The van der Waals surface area contributed by atoms with Gasteiger partial charge in [0, 0.05) is 5.92 Å². The summed E-state index contributed by atoms with van der Waals surface area (Å²) in [6.45, 7) is 7.74. The third kappa shape index (κ3) is 2.91. The van der Waals surface area contributed by atoms with Crippen LogP contribution in [0, 0.1) is 5.92 Å². The Balaban J connectivity index is 2.00. The van der Waals surface area contributed by atoms with Crippen LogP contribution in [0.4, 0.5) is 0 Å². The molecule has 2 rings (SSSR count). The molecule has 0 saturated carbocycles. The average molecular weight is 247 g/mol. The highest BCUT2D eigenvalue weighted by molar-refractivity contribution is 5.26. The van der Waals surface area contributed by atoms with Crippen molar-refractivity contribution in [2.45, 2.75) is 45.8 Å². The molecule has 3 atom stereocenters. The molecule has 3 unspecified atom stereocenters. The Morgan fingerprint density at radius 3 is 2.44 bits per heavy atom. The van der Waals surface area contributed by atoms with Crippen molar-refractivity contribution in [2.75, 3.05) is 6.54 Å². The van der Waals surface area contributed by atoms with Crippen LogP contribution in [0.5, 0.6) is 0 Å². The van der Waals surface area contributed by atoms with Crippen molar-refractivity contribution in [3.8, 4) is 0 Å². The van der Waals surface area contributed by atoms with Crippen LogP contribution in [-0.4, -0.2) is 12.7 Å². The number of rotatable bonds is 5. The van der Waals surface area contributed by atoms with Crippen LogP contribution in [0.3, 0.4) is 0 Å². The zero-order chi connectivity index (χ0) is 13.0. The van der Waals surface area contributed by atoms with Gasteiger partial charge in [-0.05, 0) is 30.5 Å². The lowest BCUT2D eigenvalue weighted by Gasteiger charge is -2.19. The first-order valence-electron chi connectivity index (χ1n) is 7.09. The number of hydrogen-bond donors (Lipinski definition) is 3. The van der Waals surface area contributed by atoms with Gasteiger partial charge in [-0.1, -0.05) is 45.0 Å². The summed E-state index contributed by atoms with van der Waals surface area (Å²) >= 11 is 0. The lowest BCUT2D eigenvalue weighted by atomic mass is 9.93. The van der Waals surface area contributed by atoms with Gasteiger partial charge in [0.25, 0.3) is 0 Å². The molecule has 100 valence electrons. The van der Waals surface area contributed by atoms with Crippen molar-refractivity contribution in [1.29, 1.82) is 0 Å². The lowest BCUT2D eigenvalue weighted by molar-refractivity contribution is 0.384. The highest BCUT2D eigenvalue weighted by Crippen LogP contribution is 2.27. The van der Waals surface area contributed by atoms with Gasteiger partial charge in [-0.15, -0.1) is 0 Å². The van der Waals surface area contributed by atoms with Crippen LogP contribution in [0.25, 0.3) is 0 Å². The van der Waals surface area contributed by atoms with Gasteiger partial charge < -0.3 is 5.32 Å². The predicted molar refractivity (Wildman–Crippen MR) is 76.1 cm³/mol. The summed E-state index contributed by atoms with van der Waals surface area (Å²) in [6, 6.07) is 9.35. The second-order valence-electron chi connectivity index (χ2n) is 5.15. The van der Waals surface area contributed by atoms with Crippen molar-refractivity contribution < 1.29 is 0 Å². The van der Waals surface area contributed by atoms with E-state index in [1.807, 2.05) is 0 Å². The number of hydrazine groups is 1. The molecule has 0 amide bonds. The van der Waals surface area contributed by atoms with E-state index in [4.69, 9.17) is 0 Å². The summed E-state index contributed by atoms with van der Waals surface area (Å²) in [7, 11) is 0. The predicted octanol–water partition coefficient (Wildman–Crippen LogP) is 2.36. The Kier molecular flexibility index (Phi) is 4.75. The Labute approximate surface area is 110 Å². The number of nitrogens with one attached hydrogen (secondary N) is 3. The van der Waals surface area contributed by atoms with Gasteiger partial charge in [0.2, 0.25) is 0 Å². The molecule has 1 aromatic carbocycles. The highest BCUT2D eigenvalue weighted by Gasteiger charge is 2.32. The first-order valence-corrected chi connectivity index (χ1v) is 7.09. The third-order valence-corrected chi connectivity index (χ3v) is 3.81. The number of aryl methyl sites for hydroxylation is 1. The van der Waals surface area contributed by atoms with Gasteiger partial charge in [-0.3, -0.25) is 0 Å². The second kappa shape index (κ2) is 6.32. The van der Waals surface area contributed by atoms with Crippen LogP contribution in [0.2, 0.25) is 0 Å². The van der Waals surface area contributed by atoms with Gasteiger partial charge in [0.05, 0.1) is 12.2 Å². The van der Waals surface area contributed by atoms with Crippen LogP contribution >= 0.6 is 0 Å². The summed E-state index contributed by atoms with van der Waals surface area (Å²) in [5, 5.41) is 3.53. The topological polar surface area (TPSA) is 36.1 Å². The Bertz CT molecular complexity index is 361. The first kappa shape index (κ1) is 13.5. The van der Waals surface area contributed by atoms with Crippen LogP contribution < -0.4 is 16.2 Å². The molecule has 3 heteroatoms. The molecule has 18 heavy (non-hydrogen) atoms. The van der Waals surface area contributed by atoms with E-state index in [0.717, 1.165) is 13.0 Å². The third-order valence-electron chi connectivity index (χ3n) is 3.81. The average Bonchev–Trinajstić information content (AvgIpc) is 2.78. The lowest BCUT2D eigenvalue weighted by Crippen LogP contribution is -2.43. The maximum Gasteiger partial charge on any atom is 0.0748 e. The molecule has 0 radical (unpaired) electrons. The van der Waals surface area contributed by atoms with E-state index >= 15 is 0 Å². The molecule has 1 saturated heterocycles. The minimum atomic E-state index is 0.362. The minimum absolute atomic E-state index is 0.362. The van der Waals surface area contributed by atoms with E-state index in [0.29, 0.717) is 18.1 Å². The summed E-state index contributed by atoms with van der Waals surface area (Å²) in [5.41, 5.74) is 9.53. The fraction of sp³-hybridized carbons (Fsp3) is 0.600. The maximum absolute atomic E-state index is 3.53. The molecule has 0 spiro atoms. The van der Waals surface area contributed by atoms with Gasteiger partial charge >= 0.3 is 0 Å². The highest BCUT2D eigenvalue weighted by atomic mass is 15.5. The van der Waals surface area contributed by atoms with Crippen molar-refractivity contribution in [2.24, 2.45) is 5.92 Å². The zero-order valence-electron chi connectivity index (χ0n) is 11.7. The summed E-state index contributed by atoms with van der Waals surface area (Å²) in [6.07, 6.45) is 2.63. The molecular formula is C15H25N3. The molecule has 1 aromatic rings. The smallest absolute Gasteiger partial charge is 0.0748 e. The molecule has 1 heterocycles. The van der Waals surface area contributed by atoms with E-state index in [2.05, 4.69) is 61.2 Å². The van der Waals surface area contributed by atoms with Gasteiger partial charge in [-0.25, -0.2) is 10.9 Å². The van der Waals surface area contributed by atoms with E-state index in [1.165, 1.54) is 17.5 Å². The number of benzene rings is 1. The molecule has 3 N–H and O–H groups in total. The minimum Gasteiger partial charge on any atom is -0.301 e. The fourth-order valence-electron chi connectivity index (χ4n) is 2.52. The zero-order valence-corrected chi connectivity index (χ0v) is 11.7. The van der Waals surface area contributed by atoms with Crippen molar-refractivity contribution in [3.63, 3.8) is 0 Å². The fourth-order valence-corrected chi connectivity index (χ4v) is 2.52. The SMILES string of the molecule is CCCNC1NNC(c2ccc(CC)cc2)C1C. The molecule has 0 bridgehead atoms. The monoisotopic (exact) mass is 247 g/mol. The van der Waals surface area contributed by atoms with Crippen molar-refractivity contribution >= 4 is 0 Å². The van der Waals surface area contributed by atoms with E-state index < -0.39 is 0 Å². The Morgan fingerprint density at radius 1 is 1.11 bits per heavy atom. The van der Waals surface area contributed by atoms with E-state index in [1.54, 1.807) is 0 Å². The van der Waals surface area contributed by atoms with Crippen LogP contribution in [0.1, 0.15) is 44.4 Å². The van der Waals surface area contributed by atoms with Gasteiger partial charge in [0.1, 0.15) is 0 Å². The molecule has 1 fully saturated rings. The van der Waals surface area contributed by atoms with Crippen LogP contribution in [-0.2, 0) is 6.42 Å². The molecule has 0 aromatic heterocycles. The number of hydrogen-bond acceptors (Lipinski definition) is 3. The summed E-state index contributed by atoms with van der Waals surface area (Å²) in [5.74, 6) is 0.545. The van der Waals surface area contributed by atoms with Crippen LogP contribution in [0.15, 0.2) is 24.3 Å².